The number of pyridine rings is 1. The van der Waals surface area contributed by atoms with Gasteiger partial charge < -0.3 is 38.4 Å². The highest BCUT2D eigenvalue weighted by molar-refractivity contribution is 6.00. The standard InChI is InChI=1S/C40H60N4O10/c1-23-20-39(6,50-18-12-14-28-13-11-15-41-21-28)35(53-37-33(46)29(43(8)9)19-24(2)51-37)26(4)32(45)27(5)36(47)52-30(22-49-10)40(7)34-25(3)31(23)42-16-17-44(34)38(48)54-40/h11-15,21,23-27,29-30,33-35,37,46H,16-20,22H2,1-10H3/b14-12+/t23-,24+,25-,26+,27-,29-,30+,33?,34-,35-,37-,39+,40-/m1/s1. The summed E-state index contributed by atoms with van der Waals surface area (Å²) in [5, 5.41) is 11.6. The summed E-state index contributed by atoms with van der Waals surface area (Å²) in [6, 6.07) is 2.97. The smallest absolute Gasteiger partial charge is 0.411 e. The van der Waals surface area contributed by atoms with Gasteiger partial charge in [-0.15, -0.1) is 0 Å². The number of Topliss-reactive ketones (excluding diaryl/α,β-unsaturated/α-hetero) is 1. The predicted octanol–water partition coefficient (Wildman–Crippen LogP) is 3.79. The summed E-state index contributed by atoms with van der Waals surface area (Å²) in [5.41, 5.74) is -0.765. The second-order valence-electron chi connectivity index (χ2n) is 16.1. The van der Waals surface area contributed by atoms with E-state index in [2.05, 4.69) is 11.9 Å². The summed E-state index contributed by atoms with van der Waals surface area (Å²) in [5.74, 6) is -3.94. The third-order valence-electron chi connectivity index (χ3n) is 11.8. The second-order valence-corrected chi connectivity index (χ2v) is 16.1. The third kappa shape index (κ3) is 8.58. The number of esters is 1. The number of cyclic esters (lactones) is 1. The van der Waals surface area contributed by atoms with Crippen LogP contribution in [0.4, 0.5) is 4.79 Å². The maximum absolute atomic E-state index is 14.5. The van der Waals surface area contributed by atoms with Crippen LogP contribution in [-0.2, 0) is 38.0 Å². The molecular formula is C40H60N4O10. The summed E-state index contributed by atoms with van der Waals surface area (Å²) in [6.07, 6.45) is 3.26. The van der Waals surface area contributed by atoms with Crippen molar-refractivity contribution < 1.29 is 47.9 Å². The molecule has 13 atom stereocenters. The molecule has 4 aliphatic heterocycles. The van der Waals surface area contributed by atoms with Crippen molar-refractivity contribution in [2.75, 3.05) is 47.5 Å². The molecule has 14 heteroatoms. The van der Waals surface area contributed by atoms with Crippen molar-refractivity contribution in [1.29, 1.82) is 0 Å². The summed E-state index contributed by atoms with van der Waals surface area (Å²) in [6.45, 7) is 13.7. The molecule has 5 rings (SSSR count). The first kappa shape index (κ1) is 41.9. The molecule has 0 aliphatic carbocycles. The lowest BCUT2D eigenvalue weighted by atomic mass is 9.73. The topological polar surface area (TPSA) is 159 Å². The maximum Gasteiger partial charge on any atom is 0.411 e. The number of methoxy groups -OCH3 is 1. The van der Waals surface area contributed by atoms with Gasteiger partial charge in [-0.05, 0) is 72.2 Å². The number of aliphatic hydroxyl groups is 1. The van der Waals surface area contributed by atoms with E-state index in [4.69, 9.17) is 33.4 Å². The number of aliphatic hydroxyl groups excluding tert-OH is 1. The van der Waals surface area contributed by atoms with E-state index in [-0.39, 0.29) is 37.2 Å². The zero-order chi connectivity index (χ0) is 39.5. The van der Waals surface area contributed by atoms with Gasteiger partial charge in [0.1, 0.15) is 12.0 Å². The molecule has 3 fully saturated rings. The first-order chi connectivity index (χ1) is 25.5. The van der Waals surface area contributed by atoms with Crippen LogP contribution in [0.25, 0.3) is 6.08 Å². The van der Waals surface area contributed by atoms with Crippen molar-refractivity contribution in [2.24, 2.45) is 28.7 Å². The monoisotopic (exact) mass is 756 g/mol. The summed E-state index contributed by atoms with van der Waals surface area (Å²) in [4.78, 5) is 54.8. The number of hydrogen-bond acceptors (Lipinski definition) is 13. The van der Waals surface area contributed by atoms with E-state index in [1.165, 1.54) is 14.0 Å². The van der Waals surface area contributed by atoms with Gasteiger partial charge in [-0.25, -0.2) is 4.79 Å². The van der Waals surface area contributed by atoms with Crippen molar-refractivity contribution in [3.05, 3.63) is 36.2 Å². The fourth-order valence-electron chi connectivity index (χ4n) is 9.01. The zero-order valence-electron chi connectivity index (χ0n) is 33.5. The Balaban J connectivity index is 1.61. The normalized spacial score (nSPS) is 39.6. The molecule has 1 amide bonds. The molecule has 0 aromatic carbocycles. The van der Waals surface area contributed by atoms with Gasteiger partial charge in [0.2, 0.25) is 0 Å². The van der Waals surface area contributed by atoms with Crippen molar-refractivity contribution in [3.63, 3.8) is 0 Å². The molecule has 0 radical (unpaired) electrons. The van der Waals surface area contributed by atoms with E-state index < -0.39 is 71.5 Å². The largest absolute Gasteiger partial charge is 0.455 e. The first-order valence-corrected chi connectivity index (χ1v) is 19.1. The molecule has 4 aliphatic rings. The van der Waals surface area contributed by atoms with Crippen molar-refractivity contribution in [3.8, 4) is 0 Å². The molecule has 300 valence electrons. The number of ketones is 1. The van der Waals surface area contributed by atoms with Gasteiger partial charge in [0.15, 0.2) is 23.8 Å². The van der Waals surface area contributed by atoms with Crippen LogP contribution in [0.3, 0.4) is 0 Å². The van der Waals surface area contributed by atoms with Crippen molar-refractivity contribution >= 4 is 29.6 Å². The Labute approximate surface area is 319 Å². The Morgan fingerprint density at radius 1 is 1.11 bits per heavy atom. The number of amides is 1. The molecular weight excluding hydrogens is 696 g/mol. The van der Waals surface area contributed by atoms with E-state index in [9.17, 15) is 19.5 Å². The van der Waals surface area contributed by atoms with Crippen LogP contribution in [0.1, 0.15) is 66.9 Å². The van der Waals surface area contributed by atoms with Crippen LogP contribution in [0, 0.1) is 23.7 Å². The minimum atomic E-state index is -1.30. The van der Waals surface area contributed by atoms with Gasteiger partial charge in [-0.1, -0.05) is 39.0 Å². The number of ether oxygens (including phenoxy) is 6. The Morgan fingerprint density at radius 2 is 1.85 bits per heavy atom. The van der Waals surface area contributed by atoms with Crippen molar-refractivity contribution in [1.82, 2.24) is 14.8 Å². The van der Waals surface area contributed by atoms with Crippen LogP contribution >= 0.6 is 0 Å². The molecule has 54 heavy (non-hydrogen) atoms. The Bertz CT molecular complexity index is 1540. The predicted molar refractivity (Wildman–Crippen MR) is 201 cm³/mol. The fourth-order valence-corrected chi connectivity index (χ4v) is 9.01. The SMILES string of the molecule is COC[C@@H]1OC(=O)[C@H](C)C(=O)[C@H](C)[C@@H](O[C@H]2O[C@@H](C)C[C@@H](N(C)C)C2O)[C@@](C)(OC/C=C/c2cccnc2)C[C@@H](C)C2=NCCN3C(=O)O[C@@]1(C)[C@H]3[C@@H]2C. The van der Waals surface area contributed by atoms with E-state index in [0.717, 1.165) is 11.3 Å². The van der Waals surface area contributed by atoms with E-state index in [0.29, 0.717) is 25.9 Å². The highest BCUT2D eigenvalue weighted by Crippen LogP contribution is 2.43. The molecule has 14 nitrogen and oxygen atoms in total. The van der Waals surface area contributed by atoms with E-state index >= 15 is 0 Å². The Kier molecular flexibility index (Phi) is 13.4. The number of fused-ring (bicyclic) bond motifs is 1. The molecule has 0 spiro atoms. The highest BCUT2D eigenvalue weighted by Gasteiger charge is 2.61. The lowest BCUT2D eigenvalue weighted by molar-refractivity contribution is -0.296. The van der Waals surface area contributed by atoms with Crippen molar-refractivity contribution in [2.45, 2.75) is 115 Å². The number of carbonyl (C=O) groups is 3. The molecule has 1 aromatic rings. The molecule has 2 bridgehead atoms. The zero-order valence-corrected chi connectivity index (χ0v) is 33.5. The Hall–Kier alpha value is -3.27. The second kappa shape index (κ2) is 17.3. The number of rotatable bonds is 9. The van der Waals surface area contributed by atoms with Gasteiger partial charge in [-0.3, -0.25) is 24.5 Å². The van der Waals surface area contributed by atoms with Crippen LogP contribution in [0.5, 0.6) is 0 Å². The summed E-state index contributed by atoms with van der Waals surface area (Å²) in [7, 11) is 5.28. The van der Waals surface area contributed by atoms with Gasteiger partial charge in [0.25, 0.3) is 0 Å². The quantitative estimate of drug-likeness (QED) is 0.288. The van der Waals surface area contributed by atoms with Gasteiger partial charge in [0.05, 0.1) is 43.6 Å². The number of hydrogen-bond donors (Lipinski definition) is 1. The average Bonchev–Trinajstić information content (AvgIpc) is 3.26. The lowest BCUT2D eigenvalue weighted by Crippen LogP contribution is -2.60. The van der Waals surface area contributed by atoms with Gasteiger partial charge >= 0.3 is 12.1 Å². The summed E-state index contributed by atoms with van der Waals surface area (Å²) >= 11 is 0. The number of likely N-dealkylation sites (N-methyl/N-ethyl adjacent to an activating group) is 1. The number of aromatic nitrogens is 1. The third-order valence-corrected chi connectivity index (χ3v) is 11.8. The van der Waals surface area contributed by atoms with Crippen LogP contribution < -0.4 is 0 Å². The minimum Gasteiger partial charge on any atom is -0.455 e. The molecule has 1 unspecified atom stereocenters. The summed E-state index contributed by atoms with van der Waals surface area (Å²) < 4.78 is 37.6. The van der Waals surface area contributed by atoms with Crippen LogP contribution in [-0.4, -0.2) is 145 Å². The minimum absolute atomic E-state index is 0.0581. The lowest BCUT2D eigenvalue weighted by Gasteiger charge is -2.47. The maximum atomic E-state index is 14.5. The van der Waals surface area contributed by atoms with Gasteiger partial charge in [-0.2, -0.15) is 0 Å². The Morgan fingerprint density at radius 3 is 2.52 bits per heavy atom. The highest BCUT2D eigenvalue weighted by atomic mass is 16.7. The fraction of sp³-hybridized carbons (Fsp3) is 0.725. The molecule has 1 N–H and O–H groups in total. The number of nitrogens with zero attached hydrogens (tertiary/aromatic N) is 4. The average molecular weight is 757 g/mol. The molecule has 1 aromatic heterocycles. The molecule has 3 saturated heterocycles. The van der Waals surface area contributed by atoms with Gasteiger partial charge in [0, 0.05) is 49.6 Å². The molecule has 0 saturated carbocycles. The number of aliphatic imine (C=N–C) groups is 1. The van der Waals surface area contributed by atoms with E-state index in [1.807, 2.05) is 64.1 Å². The van der Waals surface area contributed by atoms with Crippen LogP contribution in [0.2, 0.25) is 0 Å². The van der Waals surface area contributed by atoms with Crippen LogP contribution in [0.15, 0.2) is 35.6 Å². The molecule has 5 heterocycles. The first-order valence-electron chi connectivity index (χ1n) is 19.1. The number of carbonyl (C=O) groups excluding carboxylic acids is 3. The van der Waals surface area contributed by atoms with E-state index in [1.54, 1.807) is 31.1 Å².